The molecule has 2 amide bonds. The van der Waals surface area contributed by atoms with Gasteiger partial charge in [-0.1, -0.05) is 30.3 Å². The number of hydrogen-bond acceptors (Lipinski definition) is 6. The summed E-state index contributed by atoms with van der Waals surface area (Å²) in [5.41, 5.74) is 2.56. The standard InChI is InChI=1S/C27H26N2O6/c1-3-34-27(32)35-22-14-12-20(13-15-22)26(31)28-18-21-8-4-5-10-24(21)29-25(30)16-11-19-7-6-9-23(17-19)33-2/h4-17H,3,18H2,1-2H3,(H,28,31)(H,29,30)/b16-11+. The summed E-state index contributed by atoms with van der Waals surface area (Å²) in [7, 11) is 1.58. The van der Waals surface area contributed by atoms with E-state index < -0.39 is 6.16 Å². The fraction of sp³-hybridized carbons (Fsp3) is 0.148. The molecule has 0 saturated heterocycles. The molecule has 0 aromatic heterocycles. The van der Waals surface area contributed by atoms with Crippen LogP contribution in [-0.4, -0.2) is 31.7 Å². The minimum absolute atomic E-state index is 0.204. The molecule has 0 aliphatic carbocycles. The number of ether oxygens (including phenoxy) is 3. The van der Waals surface area contributed by atoms with Crippen LogP contribution < -0.4 is 20.1 Å². The summed E-state index contributed by atoms with van der Waals surface area (Å²) in [6, 6.07) is 20.7. The van der Waals surface area contributed by atoms with Crippen molar-refractivity contribution in [3.63, 3.8) is 0 Å². The van der Waals surface area contributed by atoms with Crippen LogP contribution in [0.4, 0.5) is 10.5 Å². The van der Waals surface area contributed by atoms with Crippen molar-refractivity contribution in [3.8, 4) is 11.5 Å². The molecule has 0 unspecified atom stereocenters. The average Bonchev–Trinajstić information content (AvgIpc) is 2.87. The van der Waals surface area contributed by atoms with Crippen molar-refractivity contribution in [2.45, 2.75) is 13.5 Å². The third kappa shape index (κ3) is 7.75. The third-order valence-electron chi connectivity index (χ3n) is 4.82. The van der Waals surface area contributed by atoms with Gasteiger partial charge in [-0.05, 0) is 66.6 Å². The quantitative estimate of drug-likeness (QED) is 0.262. The Kier molecular flexibility index (Phi) is 9.01. The van der Waals surface area contributed by atoms with E-state index in [2.05, 4.69) is 10.6 Å². The predicted molar refractivity (Wildman–Crippen MR) is 132 cm³/mol. The number of anilines is 1. The molecule has 0 aliphatic rings. The Morgan fingerprint density at radius 3 is 2.43 bits per heavy atom. The molecule has 0 radical (unpaired) electrons. The van der Waals surface area contributed by atoms with Gasteiger partial charge in [0.25, 0.3) is 5.91 Å². The number of carbonyl (C=O) groups excluding carboxylic acids is 3. The summed E-state index contributed by atoms with van der Waals surface area (Å²) in [4.78, 5) is 36.4. The number of benzene rings is 3. The van der Waals surface area contributed by atoms with E-state index in [1.807, 2.05) is 36.4 Å². The Bertz CT molecular complexity index is 1200. The molecule has 0 bridgehead atoms. The zero-order valence-electron chi connectivity index (χ0n) is 19.4. The van der Waals surface area contributed by atoms with Gasteiger partial charge in [-0.15, -0.1) is 0 Å². The zero-order chi connectivity index (χ0) is 25.0. The van der Waals surface area contributed by atoms with Crippen molar-refractivity contribution in [3.05, 3.63) is 95.6 Å². The Morgan fingerprint density at radius 2 is 1.69 bits per heavy atom. The zero-order valence-corrected chi connectivity index (χ0v) is 19.4. The molecule has 0 fully saturated rings. The normalized spacial score (nSPS) is 10.5. The fourth-order valence-corrected chi connectivity index (χ4v) is 3.08. The van der Waals surface area contributed by atoms with Crippen LogP contribution in [0, 0.1) is 0 Å². The van der Waals surface area contributed by atoms with Crippen LogP contribution in [0.2, 0.25) is 0 Å². The maximum atomic E-state index is 12.5. The van der Waals surface area contributed by atoms with Crippen LogP contribution in [0.3, 0.4) is 0 Å². The number of rotatable bonds is 9. The van der Waals surface area contributed by atoms with E-state index >= 15 is 0 Å². The van der Waals surface area contributed by atoms with Crippen LogP contribution in [0.1, 0.15) is 28.4 Å². The Morgan fingerprint density at radius 1 is 0.914 bits per heavy atom. The molecule has 0 aliphatic heterocycles. The second-order valence-corrected chi connectivity index (χ2v) is 7.25. The Balaban J connectivity index is 1.58. The van der Waals surface area contributed by atoms with Crippen molar-refractivity contribution in [2.24, 2.45) is 0 Å². The third-order valence-corrected chi connectivity index (χ3v) is 4.82. The predicted octanol–water partition coefficient (Wildman–Crippen LogP) is 4.81. The lowest BCUT2D eigenvalue weighted by Gasteiger charge is -2.11. The topological polar surface area (TPSA) is 103 Å². The van der Waals surface area contributed by atoms with Crippen molar-refractivity contribution < 1.29 is 28.6 Å². The molecule has 3 aromatic rings. The van der Waals surface area contributed by atoms with Gasteiger partial charge < -0.3 is 24.8 Å². The second-order valence-electron chi connectivity index (χ2n) is 7.25. The van der Waals surface area contributed by atoms with E-state index in [1.54, 1.807) is 44.4 Å². The van der Waals surface area contributed by atoms with Gasteiger partial charge in [0.1, 0.15) is 11.5 Å². The van der Waals surface area contributed by atoms with E-state index in [0.29, 0.717) is 17.0 Å². The maximum Gasteiger partial charge on any atom is 0.513 e. The molecule has 0 atom stereocenters. The van der Waals surface area contributed by atoms with Crippen LogP contribution in [0.5, 0.6) is 11.5 Å². The van der Waals surface area contributed by atoms with Crippen LogP contribution >= 0.6 is 0 Å². The summed E-state index contributed by atoms with van der Waals surface area (Å²) in [6.07, 6.45) is 2.32. The first-order valence-corrected chi connectivity index (χ1v) is 10.9. The number of carbonyl (C=O) groups is 3. The van der Waals surface area contributed by atoms with Crippen molar-refractivity contribution in [1.29, 1.82) is 0 Å². The van der Waals surface area contributed by atoms with E-state index in [1.165, 1.54) is 18.2 Å². The van der Waals surface area contributed by atoms with Gasteiger partial charge in [0, 0.05) is 23.9 Å². The molecule has 2 N–H and O–H groups in total. The summed E-state index contributed by atoms with van der Waals surface area (Å²) < 4.78 is 14.9. The lowest BCUT2D eigenvalue weighted by Crippen LogP contribution is -2.23. The molecule has 8 heteroatoms. The highest BCUT2D eigenvalue weighted by molar-refractivity contribution is 6.02. The fourth-order valence-electron chi connectivity index (χ4n) is 3.08. The Labute approximate surface area is 203 Å². The second kappa shape index (κ2) is 12.6. The van der Waals surface area contributed by atoms with Crippen LogP contribution in [0.15, 0.2) is 78.9 Å². The van der Waals surface area contributed by atoms with E-state index in [4.69, 9.17) is 14.2 Å². The molecule has 8 nitrogen and oxygen atoms in total. The lowest BCUT2D eigenvalue weighted by atomic mass is 10.1. The first kappa shape index (κ1) is 25.0. The van der Waals surface area contributed by atoms with E-state index in [-0.39, 0.29) is 30.7 Å². The number of para-hydroxylation sites is 1. The van der Waals surface area contributed by atoms with Gasteiger partial charge in [0.05, 0.1) is 13.7 Å². The van der Waals surface area contributed by atoms with Crippen molar-refractivity contribution in [1.82, 2.24) is 5.32 Å². The first-order chi connectivity index (χ1) is 17.0. The summed E-state index contributed by atoms with van der Waals surface area (Å²) in [6.45, 7) is 2.09. The van der Waals surface area contributed by atoms with Gasteiger partial charge in [-0.3, -0.25) is 9.59 Å². The van der Waals surface area contributed by atoms with Crippen LogP contribution in [0.25, 0.3) is 6.08 Å². The molecular formula is C27H26N2O6. The van der Waals surface area contributed by atoms with Crippen molar-refractivity contribution >= 4 is 29.7 Å². The SMILES string of the molecule is CCOC(=O)Oc1ccc(C(=O)NCc2ccccc2NC(=O)/C=C/c2cccc(OC)c2)cc1. The van der Waals surface area contributed by atoms with Gasteiger partial charge in [-0.2, -0.15) is 0 Å². The highest BCUT2D eigenvalue weighted by atomic mass is 16.7. The average molecular weight is 475 g/mol. The number of hydrogen-bond donors (Lipinski definition) is 2. The monoisotopic (exact) mass is 474 g/mol. The van der Waals surface area contributed by atoms with E-state index in [0.717, 1.165) is 11.1 Å². The molecule has 0 saturated carbocycles. The molecule has 0 spiro atoms. The maximum absolute atomic E-state index is 12.5. The molecule has 3 aromatic carbocycles. The minimum atomic E-state index is -0.804. The molecule has 3 rings (SSSR count). The van der Waals surface area contributed by atoms with Gasteiger partial charge >= 0.3 is 6.16 Å². The smallest absolute Gasteiger partial charge is 0.497 e. The first-order valence-electron chi connectivity index (χ1n) is 10.9. The van der Waals surface area contributed by atoms with Gasteiger partial charge in [0.15, 0.2) is 0 Å². The lowest BCUT2D eigenvalue weighted by molar-refractivity contribution is -0.111. The molecule has 35 heavy (non-hydrogen) atoms. The largest absolute Gasteiger partial charge is 0.513 e. The number of methoxy groups -OCH3 is 1. The van der Waals surface area contributed by atoms with Crippen molar-refractivity contribution in [2.75, 3.05) is 19.0 Å². The number of amides is 2. The Hall–Kier alpha value is -4.59. The molecule has 0 heterocycles. The highest BCUT2D eigenvalue weighted by Gasteiger charge is 2.10. The number of nitrogens with one attached hydrogen (secondary N) is 2. The summed E-state index contributed by atoms with van der Waals surface area (Å²) in [5, 5.41) is 5.67. The molecular weight excluding hydrogens is 448 g/mol. The van der Waals surface area contributed by atoms with Crippen LogP contribution in [-0.2, 0) is 16.1 Å². The highest BCUT2D eigenvalue weighted by Crippen LogP contribution is 2.17. The summed E-state index contributed by atoms with van der Waals surface area (Å²) >= 11 is 0. The van der Waals surface area contributed by atoms with Gasteiger partial charge in [0.2, 0.25) is 5.91 Å². The van der Waals surface area contributed by atoms with Gasteiger partial charge in [-0.25, -0.2) is 4.79 Å². The molecule has 180 valence electrons. The minimum Gasteiger partial charge on any atom is -0.497 e. The van der Waals surface area contributed by atoms with E-state index in [9.17, 15) is 14.4 Å². The summed E-state index contributed by atoms with van der Waals surface area (Å²) in [5.74, 6) is 0.361.